The number of fused-ring (bicyclic) bond motifs is 1. The highest BCUT2D eigenvalue weighted by Gasteiger charge is 2.19. The first kappa shape index (κ1) is 23.0. The van der Waals surface area contributed by atoms with Gasteiger partial charge in [0.05, 0.1) is 34.4 Å². The zero-order valence-electron chi connectivity index (χ0n) is 18.4. The van der Waals surface area contributed by atoms with Gasteiger partial charge in [0.15, 0.2) is 5.16 Å². The number of benzene rings is 3. The molecule has 1 heterocycles. The van der Waals surface area contributed by atoms with Gasteiger partial charge in [-0.3, -0.25) is 24.3 Å². The van der Waals surface area contributed by atoms with Crippen molar-refractivity contribution < 1.29 is 14.5 Å². The Balaban J connectivity index is 1.68. The molecule has 0 bridgehead atoms. The van der Waals surface area contributed by atoms with E-state index in [0.29, 0.717) is 33.2 Å². The molecule has 4 rings (SSSR count). The van der Waals surface area contributed by atoms with E-state index in [4.69, 9.17) is 4.74 Å². The molecular weight excluding hydrogens is 456 g/mol. The summed E-state index contributed by atoms with van der Waals surface area (Å²) < 4.78 is 6.90. The van der Waals surface area contributed by atoms with Crippen LogP contribution in [-0.4, -0.2) is 40.3 Å². The van der Waals surface area contributed by atoms with Gasteiger partial charge in [0.25, 0.3) is 11.2 Å². The maximum atomic E-state index is 13.4. The number of aromatic nitrogens is 2. The van der Waals surface area contributed by atoms with Gasteiger partial charge in [-0.05, 0) is 36.4 Å². The Morgan fingerprint density at radius 3 is 2.47 bits per heavy atom. The van der Waals surface area contributed by atoms with Crippen LogP contribution in [0.2, 0.25) is 0 Å². The molecule has 10 heteroatoms. The van der Waals surface area contributed by atoms with E-state index in [-0.39, 0.29) is 22.9 Å². The summed E-state index contributed by atoms with van der Waals surface area (Å²) in [6.07, 6.45) is 0. The summed E-state index contributed by atoms with van der Waals surface area (Å²) in [5.41, 5.74) is 1.24. The van der Waals surface area contributed by atoms with Crippen LogP contribution in [0.5, 0.6) is 5.75 Å². The first-order chi connectivity index (χ1) is 16.4. The number of nitro benzene ring substituents is 1. The van der Waals surface area contributed by atoms with E-state index in [1.165, 1.54) is 40.8 Å². The normalized spacial score (nSPS) is 10.8. The van der Waals surface area contributed by atoms with E-state index in [2.05, 4.69) is 4.98 Å². The number of rotatable bonds is 7. The molecule has 0 saturated heterocycles. The minimum absolute atomic E-state index is 0.00653. The van der Waals surface area contributed by atoms with E-state index in [0.717, 1.165) is 11.8 Å². The van der Waals surface area contributed by atoms with Crippen LogP contribution < -0.4 is 15.2 Å². The van der Waals surface area contributed by atoms with Gasteiger partial charge in [-0.1, -0.05) is 36.0 Å². The van der Waals surface area contributed by atoms with Crippen LogP contribution in [0.4, 0.5) is 11.4 Å². The van der Waals surface area contributed by atoms with Crippen molar-refractivity contribution >= 4 is 39.9 Å². The number of carbonyl (C=O) groups excluding carboxylic acids is 1. The second-order valence-electron chi connectivity index (χ2n) is 7.24. The number of thioether (sulfide) groups is 1. The van der Waals surface area contributed by atoms with E-state index in [1.54, 1.807) is 55.6 Å². The molecule has 9 nitrogen and oxygen atoms in total. The van der Waals surface area contributed by atoms with Gasteiger partial charge in [-0.15, -0.1) is 0 Å². The summed E-state index contributed by atoms with van der Waals surface area (Å²) >= 11 is 1.13. The summed E-state index contributed by atoms with van der Waals surface area (Å²) in [5, 5.41) is 11.7. The number of amides is 1. The standard InChI is InChI=1S/C24H20N4O5S/c1-26(16-11-13-17(14-12-16)28(31)32)22(29)15-34-24-25-19-8-4-3-7-18(19)23(30)27(24)20-9-5-6-10-21(20)33-2/h3-14H,15H2,1-2H3. The van der Waals surface area contributed by atoms with Crippen LogP contribution in [0.15, 0.2) is 82.7 Å². The number of hydrogen-bond acceptors (Lipinski definition) is 7. The molecule has 1 amide bonds. The number of nitro groups is 1. The Morgan fingerprint density at radius 1 is 1.09 bits per heavy atom. The van der Waals surface area contributed by atoms with Crippen molar-refractivity contribution in [3.63, 3.8) is 0 Å². The van der Waals surface area contributed by atoms with Crippen LogP contribution in [0.1, 0.15) is 0 Å². The summed E-state index contributed by atoms with van der Waals surface area (Å²) in [7, 11) is 3.11. The number of methoxy groups -OCH3 is 1. The molecule has 34 heavy (non-hydrogen) atoms. The van der Waals surface area contributed by atoms with Crippen molar-refractivity contribution in [3.8, 4) is 11.4 Å². The number of carbonyl (C=O) groups is 1. The van der Waals surface area contributed by atoms with Crippen molar-refractivity contribution in [2.24, 2.45) is 0 Å². The van der Waals surface area contributed by atoms with Gasteiger partial charge in [0, 0.05) is 24.9 Å². The molecule has 1 aromatic heterocycles. The Morgan fingerprint density at radius 2 is 1.76 bits per heavy atom. The van der Waals surface area contributed by atoms with Crippen LogP contribution in [-0.2, 0) is 4.79 Å². The van der Waals surface area contributed by atoms with Crippen molar-refractivity contribution in [2.45, 2.75) is 5.16 Å². The second-order valence-corrected chi connectivity index (χ2v) is 8.18. The smallest absolute Gasteiger partial charge is 0.269 e. The summed E-state index contributed by atoms with van der Waals surface area (Å²) in [4.78, 5) is 42.7. The fourth-order valence-corrected chi connectivity index (χ4v) is 4.32. The molecule has 0 saturated carbocycles. The summed E-state index contributed by atoms with van der Waals surface area (Å²) in [5.74, 6) is 0.235. The molecule has 4 aromatic rings. The lowest BCUT2D eigenvalue weighted by Crippen LogP contribution is -2.28. The molecule has 0 aliphatic rings. The molecule has 3 aromatic carbocycles. The third-order valence-corrected chi connectivity index (χ3v) is 6.14. The maximum Gasteiger partial charge on any atom is 0.269 e. The quantitative estimate of drug-likeness (QED) is 0.171. The topological polar surface area (TPSA) is 108 Å². The average Bonchev–Trinajstić information content (AvgIpc) is 2.87. The van der Waals surface area contributed by atoms with Gasteiger partial charge >= 0.3 is 0 Å². The highest BCUT2D eigenvalue weighted by molar-refractivity contribution is 7.99. The minimum atomic E-state index is -0.496. The number of ether oxygens (including phenoxy) is 1. The number of non-ortho nitro benzene ring substituents is 1. The van der Waals surface area contributed by atoms with Crippen LogP contribution in [0.3, 0.4) is 0 Å². The molecule has 0 N–H and O–H groups in total. The SMILES string of the molecule is COc1ccccc1-n1c(SCC(=O)N(C)c2ccc([N+](=O)[O-])cc2)nc2ccccc2c1=O. The summed E-state index contributed by atoms with van der Waals surface area (Å²) in [6.45, 7) is 0. The van der Waals surface area contributed by atoms with E-state index in [1.807, 2.05) is 0 Å². The fourth-order valence-electron chi connectivity index (χ4n) is 3.40. The maximum absolute atomic E-state index is 13.4. The van der Waals surface area contributed by atoms with E-state index in [9.17, 15) is 19.7 Å². The third-order valence-electron chi connectivity index (χ3n) is 5.22. The highest BCUT2D eigenvalue weighted by Crippen LogP contribution is 2.27. The van der Waals surface area contributed by atoms with Gasteiger partial charge in [-0.25, -0.2) is 4.98 Å². The molecule has 0 radical (unpaired) electrons. The van der Waals surface area contributed by atoms with E-state index < -0.39 is 4.92 Å². The first-order valence-electron chi connectivity index (χ1n) is 10.2. The molecule has 0 aliphatic carbocycles. The molecule has 0 atom stereocenters. The lowest BCUT2D eigenvalue weighted by Gasteiger charge is -2.18. The minimum Gasteiger partial charge on any atom is -0.495 e. The molecule has 0 unspecified atom stereocenters. The molecule has 0 spiro atoms. The van der Waals surface area contributed by atoms with Crippen LogP contribution in [0.25, 0.3) is 16.6 Å². The van der Waals surface area contributed by atoms with Crippen LogP contribution >= 0.6 is 11.8 Å². The monoisotopic (exact) mass is 476 g/mol. The highest BCUT2D eigenvalue weighted by atomic mass is 32.2. The Labute approximate surface area is 198 Å². The van der Waals surface area contributed by atoms with Crippen molar-refractivity contribution in [3.05, 3.63) is 93.3 Å². The Bertz CT molecular complexity index is 1440. The van der Waals surface area contributed by atoms with Crippen molar-refractivity contribution in [2.75, 3.05) is 24.8 Å². The Kier molecular flexibility index (Phi) is 6.60. The number of hydrogen-bond donors (Lipinski definition) is 0. The second kappa shape index (κ2) is 9.75. The Hall–Kier alpha value is -4.18. The zero-order valence-corrected chi connectivity index (χ0v) is 19.2. The first-order valence-corrected chi connectivity index (χ1v) is 11.2. The predicted molar refractivity (Wildman–Crippen MR) is 131 cm³/mol. The number of anilines is 1. The van der Waals surface area contributed by atoms with Gasteiger partial charge < -0.3 is 9.64 Å². The lowest BCUT2D eigenvalue weighted by molar-refractivity contribution is -0.384. The van der Waals surface area contributed by atoms with E-state index >= 15 is 0 Å². The average molecular weight is 477 g/mol. The molecule has 0 aliphatic heterocycles. The van der Waals surface area contributed by atoms with Gasteiger partial charge in [-0.2, -0.15) is 0 Å². The van der Waals surface area contributed by atoms with Crippen molar-refractivity contribution in [1.29, 1.82) is 0 Å². The third kappa shape index (κ3) is 4.48. The number of nitrogens with zero attached hydrogens (tertiary/aromatic N) is 4. The predicted octanol–water partition coefficient (Wildman–Crippen LogP) is 4.06. The lowest BCUT2D eigenvalue weighted by atomic mass is 10.2. The van der Waals surface area contributed by atoms with Gasteiger partial charge in [0.1, 0.15) is 5.75 Å². The molecule has 172 valence electrons. The van der Waals surface area contributed by atoms with Crippen molar-refractivity contribution in [1.82, 2.24) is 9.55 Å². The number of para-hydroxylation sites is 3. The zero-order chi connectivity index (χ0) is 24.2. The fraction of sp³-hybridized carbons (Fsp3) is 0.125. The summed E-state index contributed by atoms with van der Waals surface area (Å²) in [6, 6.07) is 19.8. The largest absolute Gasteiger partial charge is 0.495 e. The van der Waals surface area contributed by atoms with Gasteiger partial charge in [0.2, 0.25) is 5.91 Å². The molecular formula is C24H20N4O5S. The molecule has 0 fully saturated rings. The van der Waals surface area contributed by atoms with Crippen LogP contribution in [0, 0.1) is 10.1 Å².